The number of aliphatic hydroxyl groups is 1. The minimum atomic E-state index is -3.62. The van der Waals surface area contributed by atoms with E-state index in [1.807, 2.05) is 20.8 Å². The number of sulfonamides is 1. The van der Waals surface area contributed by atoms with Crippen molar-refractivity contribution < 1.29 is 23.0 Å². The van der Waals surface area contributed by atoms with Crippen LogP contribution in [0.2, 0.25) is 0 Å². The standard InChI is InChI=1S/C19H28FN5O4S/c1-11(2)7-14(10-26)21-18-22-17(23-19(24-18)25-30(4,28)29)8-12(3)15-6-5-13(20)9-16(15)27/h5-6,9,11-12,14,26-27H,7-8,10H2,1-4H3,(H2,21,22,23,24,25)/t12?,14-/m1/s1. The zero-order valence-electron chi connectivity index (χ0n) is 17.4. The van der Waals surface area contributed by atoms with E-state index in [-0.39, 0.29) is 48.5 Å². The van der Waals surface area contributed by atoms with E-state index in [0.29, 0.717) is 17.9 Å². The van der Waals surface area contributed by atoms with Crippen LogP contribution in [0.15, 0.2) is 18.2 Å². The van der Waals surface area contributed by atoms with Gasteiger partial charge in [-0.05, 0) is 29.9 Å². The van der Waals surface area contributed by atoms with E-state index < -0.39 is 15.8 Å². The Morgan fingerprint density at radius 3 is 2.37 bits per heavy atom. The molecule has 0 aliphatic carbocycles. The fourth-order valence-electron chi connectivity index (χ4n) is 3.04. The average Bonchev–Trinajstić information content (AvgIpc) is 2.58. The Kier molecular flexibility index (Phi) is 7.90. The number of aromatic nitrogens is 3. The minimum Gasteiger partial charge on any atom is -0.508 e. The first-order valence-electron chi connectivity index (χ1n) is 9.55. The third-order valence-corrected chi connectivity index (χ3v) is 4.83. The maximum Gasteiger partial charge on any atom is 0.241 e. The molecule has 9 nitrogen and oxygen atoms in total. The first-order valence-corrected chi connectivity index (χ1v) is 11.4. The predicted octanol–water partition coefficient (Wildman–Crippen LogP) is 2.25. The number of benzene rings is 1. The number of phenols is 1. The molecule has 1 aromatic carbocycles. The summed E-state index contributed by atoms with van der Waals surface area (Å²) in [7, 11) is -3.62. The molecule has 0 bridgehead atoms. The molecule has 0 saturated carbocycles. The van der Waals surface area contributed by atoms with E-state index >= 15 is 0 Å². The summed E-state index contributed by atoms with van der Waals surface area (Å²) >= 11 is 0. The van der Waals surface area contributed by atoms with Crippen molar-refractivity contribution in [2.75, 3.05) is 22.9 Å². The van der Waals surface area contributed by atoms with Gasteiger partial charge in [0.05, 0.1) is 18.9 Å². The summed E-state index contributed by atoms with van der Waals surface area (Å²) in [5, 5.41) is 22.6. The lowest BCUT2D eigenvalue weighted by atomic mass is 9.96. The number of nitrogens with zero attached hydrogens (tertiary/aromatic N) is 3. The van der Waals surface area contributed by atoms with Crippen LogP contribution in [0.5, 0.6) is 5.75 Å². The predicted molar refractivity (Wildman–Crippen MR) is 112 cm³/mol. The van der Waals surface area contributed by atoms with Gasteiger partial charge in [-0.25, -0.2) is 12.8 Å². The van der Waals surface area contributed by atoms with Crippen LogP contribution in [0.3, 0.4) is 0 Å². The highest BCUT2D eigenvalue weighted by molar-refractivity contribution is 7.91. The number of halogens is 1. The van der Waals surface area contributed by atoms with Crippen LogP contribution in [0.1, 0.15) is 44.5 Å². The van der Waals surface area contributed by atoms with Crippen molar-refractivity contribution in [1.82, 2.24) is 15.0 Å². The molecule has 0 aliphatic rings. The van der Waals surface area contributed by atoms with Crippen LogP contribution < -0.4 is 10.0 Å². The summed E-state index contributed by atoms with van der Waals surface area (Å²) in [4.78, 5) is 12.6. The largest absolute Gasteiger partial charge is 0.508 e. The first-order chi connectivity index (χ1) is 14.0. The van der Waals surface area contributed by atoms with Crippen LogP contribution >= 0.6 is 0 Å². The van der Waals surface area contributed by atoms with Crippen molar-refractivity contribution >= 4 is 21.9 Å². The number of anilines is 2. The van der Waals surface area contributed by atoms with Crippen LogP contribution in [-0.2, 0) is 16.4 Å². The van der Waals surface area contributed by atoms with Gasteiger partial charge in [0.1, 0.15) is 17.4 Å². The summed E-state index contributed by atoms with van der Waals surface area (Å²) in [6.07, 6.45) is 1.88. The lowest BCUT2D eigenvalue weighted by molar-refractivity contribution is 0.259. The van der Waals surface area contributed by atoms with E-state index in [0.717, 1.165) is 12.3 Å². The maximum absolute atomic E-state index is 13.3. The molecule has 2 rings (SSSR count). The zero-order chi connectivity index (χ0) is 22.5. The van der Waals surface area contributed by atoms with Gasteiger partial charge in [0.15, 0.2) is 0 Å². The van der Waals surface area contributed by atoms with Crippen LogP contribution in [-0.4, -0.2) is 52.5 Å². The normalized spacial score (nSPS) is 13.8. The van der Waals surface area contributed by atoms with E-state index in [4.69, 9.17) is 0 Å². The van der Waals surface area contributed by atoms with E-state index in [2.05, 4.69) is 25.0 Å². The Bertz CT molecular complexity index is 971. The van der Waals surface area contributed by atoms with Crippen molar-refractivity contribution in [3.63, 3.8) is 0 Å². The number of phenolic OH excluding ortho intramolecular Hbond substituents is 1. The molecule has 4 N–H and O–H groups in total. The molecule has 2 aromatic rings. The fourth-order valence-corrected chi connectivity index (χ4v) is 3.46. The number of aliphatic hydroxyl groups excluding tert-OH is 1. The van der Waals surface area contributed by atoms with Gasteiger partial charge in [-0.3, -0.25) is 4.72 Å². The SMILES string of the molecule is CC(C)C[C@H](CO)Nc1nc(CC(C)c2ccc(F)cc2O)nc(NS(C)(=O)=O)n1. The number of rotatable bonds is 10. The average molecular weight is 442 g/mol. The molecule has 1 heterocycles. The van der Waals surface area contributed by atoms with Gasteiger partial charge in [-0.15, -0.1) is 0 Å². The summed E-state index contributed by atoms with van der Waals surface area (Å²) in [5.41, 5.74) is 0.511. The second-order valence-corrected chi connectivity index (χ2v) is 9.48. The molecule has 0 amide bonds. The Labute approximate surface area is 175 Å². The molecule has 0 saturated heterocycles. The highest BCUT2D eigenvalue weighted by Gasteiger charge is 2.18. The monoisotopic (exact) mass is 441 g/mol. The van der Waals surface area contributed by atoms with Gasteiger partial charge < -0.3 is 15.5 Å². The van der Waals surface area contributed by atoms with E-state index in [1.54, 1.807) is 0 Å². The molecule has 0 aliphatic heterocycles. The van der Waals surface area contributed by atoms with Gasteiger partial charge in [0, 0.05) is 12.5 Å². The van der Waals surface area contributed by atoms with Gasteiger partial charge in [0.25, 0.3) is 0 Å². The summed E-state index contributed by atoms with van der Waals surface area (Å²) in [6.45, 7) is 5.68. The summed E-state index contributed by atoms with van der Waals surface area (Å²) in [5.74, 6) is -0.446. The molecule has 0 fully saturated rings. The Hall–Kier alpha value is -2.53. The van der Waals surface area contributed by atoms with Crippen LogP contribution in [0.25, 0.3) is 0 Å². The molecule has 0 radical (unpaired) electrons. The number of nitrogens with one attached hydrogen (secondary N) is 2. The highest BCUT2D eigenvalue weighted by atomic mass is 32.2. The Morgan fingerprint density at radius 2 is 1.80 bits per heavy atom. The van der Waals surface area contributed by atoms with Crippen LogP contribution in [0, 0.1) is 11.7 Å². The lowest BCUT2D eigenvalue weighted by Gasteiger charge is -2.19. The van der Waals surface area contributed by atoms with E-state index in [9.17, 15) is 23.0 Å². The van der Waals surface area contributed by atoms with E-state index in [1.165, 1.54) is 12.1 Å². The van der Waals surface area contributed by atoms with Crippen molar-refractivity contribution in [1.29, 1.82) is 0 Å². The van der Waals surface area contributed by atoms with Crippen LogP contribution in [0.4, 0.5) is 16.3 Å². The minimum absolute atomic E-state index is 0.126. The molecule has 11 heteroatoms. The molecule has 1 aromatic heterocycles. The molecular formula is C19H28FN5O4S. The molecule has 1 unspecified atom stereocenters. The molecular weight excluding hydrogens is 413 g/mol. The van der Waals surface area contributed by atoms with Gasteiger partial charge in [-0.1, -0.05) is 26.8 Å². The van der Waals surface area contributed by atoms with Crippen molar-refractivity contribution in [2.24, 2.45) is 5.92 Å². The maximum atomic E-state index is 13.3. The quantitative estimate of drug-likeness (QED) is 0.441. The molecule has 0 spiro atoms. The summed E-state index contributed by atoms with van der Waals surface area (Å²) in [6, 6.07) is 3.45. The first kappa shape index (κ1) is 23.7. The number of hydrogen-bond acceptors (Lipinski definition) is 8. The third-order valence-electron chi connectivity index (χ3n) is 4.28. The summed E-state index contributed by atoms with van der Waals surface area (Å²) < 4.78 is 38.7. The Balaban J connectivity index is 2.33. The highest BCUT2D eigenvalue weighted by Crippen LogP contribution is 2.28. The third kappa shape index (κ3) is 7.38. The number of hydrogen-bond donors (Lipinski definition) is 4. The van der Waals surface area contributed by atoms with Gasteiger partial charge in [-0.2, -0.15) is 15.0 Å². The van der Waals surface area contributed by atoms with Crippen molar-refractivity contribution in [2.45, 2.75) is 45.6 Å². The molecule has 30 heavy (non-hydrogen) atoms. The second-order valence-electron chi connectivity index (χ2n) is 7.73. The van der Waals surface area contributed by atoms with Crippen molar-refractivity contribution in [3.05, 3.63) is 35.4 Å². The molecule has 2 atom stereocenters. The smallest absolute Gasteiger partial charge is 0.241 e. The molecule has 166 valence electrons. The zero-order valence-corrected chi connectivity index (χ0v) is 18.2. The number of aromatic hydroxyl groups is 1. The van der Waals surface area contributed by atoms with Gasteiger partial charge >= 0.3 is 0 Å². The fraction of sp³-hybridized carbons (Fsp3) is 0.526. The second kappa shape index (κ2) is 9.98. The van der Waals surface area contributed by atoms with Gasteiger partial charge in [0.2, 0.25) is 21.9 Å². The topological polar surface area (TPSA) is 137 Å². The van der Waals surface area contributed by atoms with Crippen molar-refractivity contribution in [3.8, 4) is 5.75 Å². The lowest BCUT2D eigenvalue weighted by Crippen LogP contribution is -2.27. The Morgan fingerprint density at radius 1 is 1.13 bits per heavy atom.